The highest BCUT2D eigenvalue weighted by molar-refractivity contribution is 5.87. The van der Waals surface area contributed by atoms with Crippen molar-refractivity contribution in [2.45, 2.75) is 45.3 Å². The number of aromatic nitrogens is 4. The van der Waals surface area contributed by atoms with Crippen molar-refractivity contribution in [3.05, 3.63) is 65.2 Å². The molecule has 0 bridgehead atoms. The van der Waals surface area contributed by atoms with Gasteiger partial charge in [0.05, 0.1) is 11.9 Å². The molecule has 1 atom stereocenters. The van der Waals surface area contributed by atoms with Gasteiger partial charge in [-0.1, -0.05) is 18.2 Å². The number of carbonyl (C=O) groups is 1. The number of rotatable bonds is 6. The van der Waals surface area contributed by atoms with Crippen LogP contribution in [-0.4, -0.2) is 48.6 Å². The molecule has 0 saturated carbocycles. The van der Waals surface area contributed by atoms with Crippen LogP contribution < -0.4 is 0 Å². The second-order valence-electron chi connectivity index (χ2n) is 7.34. The summed E-state index contributed by atoms with van der Waals surface area (Å²) in [7, 11) is 2.10. The maximum Gasteiger partial charge on any atom is 0.356 e. The fraction of sp³-hybridized carbons (Fsp3) is 0.381. The first-order chi connectivity index (χ1) is 13.6. The number of likely N-dealkylation sites (N-methyl/N-ethyl adjacent to an activating group) is 1. The van der Waals surface area contributed by atoms with E-state index < -0.39 is 5.97 Å². The zero-order valence-electron chi connectivity index (χ0n) is 16.2. The van der Waals surface area contributed by atoms with Crippen LogP contribution in [0.4, 0.5) is 0 Å². The monoisotopic (exact) mass is 379 g/mol. The zero-order valence-corrected chi connectivity index (χ0v) is 16.2. The lowest BCUT2D eigenvalue weighted by molar-refractivity contribution is 0.0687. The molecule has 0 aliphatic heterocycles. The molecule has 7 nitrogen and oxygen atoms in total. The van der Waals surface area contributed by atoms with Gasteiger partial charge in [-0.25, -0.2) is 9.48 Å². The van der Waals surface area contributed by atoms with Crippen molar-refractivity contribution in [2.24, 2.45) is 0 Å². The largest absolute Gasteiger partial charge is 0.476 e. The van der Waals surface area contributed by atoms with Gasteiger partial charge >= 0.3 is 5.97 Å². The Hall–Kier alpha value is -2.93. The van der Waals surface area contributed by atoms with E-state index in [1.54, 1.807) is 0 Å². The van der Waals surface area contributed by atoms with Gasteiger partial charge in [0, 0.05) is 42.1 Å². The smallest absolute Gasteiger partial charge is 0.356 e. The summed E-state index contributed by atoms with van der Waals surface area (Å²) in [6.45, 7) is 3.48. The van der Waals surface area contributed by atoms with E-state index in [0.29, 0.717) is 12.6 Å². The van der Waals surface area contributed by atoms with Crippen LogP contribution in [0.3, 0.4) is 0 Å². The van der Waals surface area contributed by atoms with E-state index in [2.05, 4.69) is 28.3 Å². The number of benzene rings is 1. The van der Waals surface area contributed by atoms with Crippen LogP contribution in [0.25, 0.3) is 5.69 Å². The van der Waals surface area contributed by atoms with Crippen molar-refractivity contribution in [1.29, 1.82) is 0 Å². The van der Waals surface area contributed by atoms with Crippen LogP contribution in [0.5, 0.6) is 0 Å². The van der Waals surface area contributed by atoms with Gasteiger partial charge in [-0.3, -0.25) is 9.58 Å². The number of aromatic carboxylic acids is 1. The van der Waals surface area contributed by atoms with Crippen LogP contribution in [0.1, 0.15) is 40.7 Å². The van der Waals surface area contributed by atoms with Crippen LogP contribution in [0, 0.1) is 0 Å². The van der Waals surface area contributed by atoms with Gasteiger partial charge in [0.25, 0.3) is 0 Å². The average molecular weight is 379 g/mol. The molecule has 0 unspecified atom stereocenters. The normalized spacial score (nSPS) is 16.3. The molecule has 0 amide bonds. The fourth-order valence-electron chi connectivity index (χ4n) is 4.06. The number of fused-ring (bicyclic) bond motifs is 1. The van der Waals surface area contributed by atoms with Gasteiger partial charge < -0.3 is 5.11 Å². The van der Waals surface area contributed by atoms with Gasteiger partial charge in [0.1, 0.15) is 0 Å². The van der Waals surface area contributed by atoms with Crippen molar-refractivity contribution < 1.29 is 9.90 Å². The highest BCUT2D eigenvalue weighted by Gasteiger charge is 2.30. The molecule has 1 aliphatic rings. The lowest BCUT2D eigenvalue weighted by Gasteiger charge is -2.31. The second kappa shape index (κ2) is 7.59. The summed E-state index contributed by atoms with van der Waals surface area (Å²) in [4.78, 5) is 13.9. The third-order valence-electron chi connectivity index (χ3n) is 5.53. The molecule has 2 aromatic heterocycles. The number of hydrogen-bond donors (Lipinski definition) is 1. The number of carboxylic acid groups (broad SMARTS) is 1. The Labute approximate surface area is 164 Å². The molecule has 0 radical (unpaired) electrons. The summed E-state index contributed by atoms with van der Waals surface area (Å²) in [6.07, 6.45) is 6.54. The minimum atomic E-state index is -0.934. The molecule has 28 heavy (non-hydrogen) atoms. The van der Waals surface area contributed by atoms with Crippen LogP contribution >= 0.6 is 0 Å². The summed E-state index contributed by atoms with van der Waals surface area (Å²) in [6, 6.07) is 10.3. The Balaban J connectivity index is 1.48. The zero-order chi connectivity index (χ0) is 19.7. The average Bonchev–Trinajstić information content (AvgIpc) is 3.32. The van der Waals surface area contributed by atoms with Crippen molar-refractivity contribution in [1.82, 2.24) is 24.5 Å². The standard InChI is InChI=1S/C21H25N5O2/c1-3-25-19-10-9-17(11-18(19)20(23-25)21(27)28)24(2)13-15-12-22-26(14-15)16-7-5-4-6-8-16/h4-8,12,14,17H,3,9-11,13H2,1-2H3,(H,27,28)/t17-/m1/s1. The SMILES string of the molecule is CCn1nc(C(=O)O)c2c1CC[C@@H](N(C)Cc1cnn(-c3ccccc3)c1)C2. The van der Waals surface area contributed by atoms with Crippen molar-refractivity contribution in [3.63, 3.8) is 0 Å². The molecule has 4 rings (SSSR count). The van der Waals surface area contributed by atoms with E-state index >= 15 is 0 Å². The quantitative estimate of drug-likeness (QED) is 0.713. The number of carboxylic acids is 1. The van der Waals surface area contributed by atoms with Gasteiger partial charge in [0.15, 0.2) is 5.69 Å². The van der Waals surface area contributed by atoms with Crippen molar-refractivity contribution in [2.75, 3.05) is 7.05 Å². The molecular formula is C21H25N5O2. The van der Waals surface area contributed by atoms with Crippen LogP contribution in [0.2, 0.25) is 0 Å². The molecule has 1 aromatic carbocycles. The number of nitrogens with zero attached hydrogens (tertiary/aromatic N) is 5. The van der Waals surface area contributed by atoms with Gasteiger partial charge in [-0.05, 0) is 45.4 Å². The highest BCUT2D eigenvalue weighted by Crippen LogP contribution is 2.28. The summed E-state index contributed by atoms with van der Waals surface area (Å²) in [5.74, 6) is -0.934. The minimum absolute atomic E-state index is 0.215. The molecule has 0 spiro atoms. The van der Waals surface area contributed by atoms with E-state index in [1.807, 2.05) is 52.8 Å². The lowest BCUT2D eigenvalue weighted by Crippen LogP contribution is -2.36. The minimum Gasteiger partial charge on any atom is -0.476 e. The number of para-hydroxylation sites is 1. The predicted molar refractivity (Wildman–Crippen MR) is 106 cm³/mol. The molecule has 3 aromatic rings. The molecule has 0 fully saturated rings. The molecule has 2 heterocycles. The summed E-state index contributed by atoms with van der Waals surface area (Å²) in [5.41, 5.74) is 4.38. The van der Waals surface area contributed by atoms with Crippen molar-refractivity contribution in [3.8, 4) is 5.69 Å². The Morgan fingerprint density at radius 1 is 1.32 bits per heavy atom. The predicted octanol–water partition coefficient (Wildman–Crippen LogP) is 2.78. The second-order valence-corrected chi connectivity index (χ2v) is 7.34. The van der Waals surface area contributed by atoms with E-state index in [1.165, 1.54) is 0 Å². The van der Waals surface area contributed by atoms with Gasteiger partial charge in [-0.2, -0.15) is 10.2 Å². The number of aryl methyl sites for hydroxylation is 1. The van der Waals surface area contributed by atoms with E-state index in [-0.39, 0.29) is 5.69 Å². The molecular weight excluding hydrogens is 354 g/mol. The maximum absolute atomic E-state index is 11.6. The molecule has 7 heteroatoms. The van der Waals surface area contributed by atoms with Crippen molar-refractivity contribution >= 4 is 5.97 Å². The summed E-state index contributed by atoms with van der Waals surface area (Å²) in [5, 5.41) is 18.3. The summed E-state index contributed by atoms with van der Waals surface area (Å²) >= 11 is 0. The third-order valence-corrected chi connectivity index (χ3v) is 5.53. The first-order valence-corrected chi connectivity index (χ1v) is 9.68. The lowest BCUT2D eigenvalue weighted by atomic mass is 9.90. The topological polar surface area (TPSA) is 76.2 Å². The Morgan fingerprint density at radius 2 is 2.11 bits per heavy atom. The first kappa shape index (κ1) is 18.4. The Bertz CT molecular complexity index is 976. The molecule has 0 saturated heterocycles. The molecule has 146 valence electrons. The Morgan fingerprint density at radius 3 is 2.82 bits per heavy atom. The number of hydrogen-bond acceptors (Lipinski definition) is 4. The van der Waals surface area contributed by atoms with E-state index in [0.717, 1.165) is 48.3 Å². The van der Waals surface area contributed by atoms with Crippen LogP contribution in [-0.2, 0) is 25.9 Å². The van der Waals surface area contributed by atoms with Crippen LogP contribution in [0.15, 0.2) is 42.7 Å². The molecule has 1 N–H and O–H groups in total. The van der Waals surface area contributed by atoms with Gasteiger partial charge in [-0.15, -0.1) is 0 Å². The Kier molecular flexibility index (Phi) is 5.00. The highest BCUT2D eigenvalue weighted by atomic mass is 16.4. The fourth-order valence-corrected chi connectivity index (χ4v) is 4.06. The van der Waals surface area contributed by atoms with E-state index in [9.17, 15) is 9.90 Å². The third kappa shape index (κ3) is 3.45. The summed E-state index contributed by atoms with van der Waals surface area (Å²) < 4.78 is 3.73. The maximum atomic E-state index is 11.6. The molecule has 1 aliphatic carbocycles. The first-order valence-electron chi connectivity index (χ1n) is 9.68. The van der Waals surface area contributed by atoms with E-state index in [4.69, 9.17) is 0 Å². The van der Waals surface area contributed by atoms with Gasteiger partial charge in [0.2, 0.25) is 0 Å².